The van der Waals surface area contributed by atoms with E-state index in [1.807, 2.05) is 0 Å². The summed E-state index contributed by atoms with van der Waals surface area (Å²) in [5, 5.41) is 0. The Balaban J connectivity index is 2.30. The quantitative estimate of drug-likeness (QED) is 0.797. The van der Waals surface area contributed by atoms with Crippen molar-refractivity contribution in [3.8, 4) is 0 Å². The Morgan fingerprint density at radius 2 is 2.06 bits per heavy atom. The number of hydrogen-bond donors (Lipinski definition) is 1. The van der Waals surface area contributed by atoms with Crippen LogP contribution in [0.25, 0.3) is 0 Å². The number of halogens is 1. The zero-order chi connectivity index (χ0) is 11.6. The number of nitrogens with two attached hydrogens (primary N) is 1. The maximum Gasteiger partial charge on any atom is 0.170 e. The summed E-state index contributed by atoms with van der Waals surface area (Å²) >= 11 is 0. The number of Topliss-reactive ketones (excluding diaryl/α,β-unsaturated/α-hetero) is 1. The molecule has 0 radical (unpaired) electrons. The van der Waals surface area contributed by atoms with Gasteiger partial charge in [0.05, 0.1) is 0 Å². The first-order chi connectivity index (χ1) is 7.68. The van der Waals surface area contributed by atoms with Gasteiger partial charge in [-0.05, 0) is 25.0 Å². The Bertz CT molecular complexity index is 397. The monoisotopic (exact) mass is 221 g/mol. The van der Waals surface area contributed by atoms with Crippen molar-refractivity contribution in [2.75, 3.05) is 6.54 Å². The van der Waals surface area contributed by atoms with Crippen molar-refractivity contribution in [3.05, 3.63) is 35.6 Å². The molecule has 2 N–H and O–H groups in total. The molecule has 0 amide bonds. The van der Waals surface area contributed by atoms with Crippen LogP contribution in [0.15, 0.2) is 24.3 Å². The molecule has 1 fully saturated rings. The molecule has 2 nitrogen and oxygen atoms in total. The van der Waals surface area contributed by atoms with Crippen LogP contribution in [0.5, 0.6) is 0 Å². The zero-order valence-corrected chi connectivity index (χ0v) is 9.21. The molecule has 0 aromatic heterocycles. The largest absolute Gasteiger partial charge is 0.329 e. The summed E-state index contributed by atoms with van der Waals surface area (Å²) < 4.78 is 13.1. The van der Waals surface area contributed by atoms with Crippen LogP contribution < -0.4 is 5.73 Å². The molecule has 2 rings (SSSR count). The van der Waals surface area contributed by atoms with Crippen LogP contribution in [0.1, 0.15) is 36.0 Å². The van der Waals surface area contributed by atoms with Gasteiger partial charge >= 0.3 is 0 Å². The van der Waals surface area contributed by atoms with Crippen LogP contribution >= 0.6 is 0 Å². The molecule has 1 saturated carbocycles. The molecule has 0 unspecified atom stereocenters. The first kappa shape index (κ1) is 11.3. The van der Waals surface area contributed by atoms with Gasteiger partial charge in [-0.1, -0.05) is 25.0 Å². The molecule has 1 aromatic carbocycles. The van der Waals surface area contributed by atoms with Crippen molar-refractivity contribution >= 4 is 5.78 Å². The lowest BCUT2D eigenvalue weighted by molar-refractivity contribution is 0.0809. The third-order valence-corrected chi connectivity index (χ3v) is 3.52. The Morgan fingerprint density at radius 3 is 2.62 bits per heavy atom. The number of rotatable bonds is 3. The summed E-state index contributed by atoms with van der Waals surface area (Å²) in [5.74, 6) is -0.358. The van der Waals surface area contributed by atoms with Gasteiger partial charge in [-0.2, -0.15) is 0 Å². The van der Waals surface area contributed by atoms with Crippen molar-refractivity contribution in [2.45, 2.75) is 25.7 Å². The third-order valence-electron chi connectivity index (χ3n) is 3.52. The highest BCUT2D eigenvalue weighted by atomic mass is 19.1. The van der Waals surface area contributed by atoms with Gasteiger partial charge in [0.15, 0.2) is 5.78 Å². The molecule has 0 heterocycles. The fraction of sp³-hybridized carbons (Fsp3) is 0.462. The molecule has 1 aliphatic carbocycles. The van der Waals surface area contributed by atoms with E-state index in [2.05, 4.69) is 0 Å². The topological polar surface area (TPSA) is 43.1 Å². The molecule has 86 valence electrons. The Kier molecular flexibility index (Phi) is 3.06. The van der Waals surface area contributed by atoms with E-state index in [0.717, 1.165) is 25.7 Å². The van der Waals surface area contributed by atoms with E-state index in [-0.39, 0.29) is 11.6 Å². The van der Waals surface area contributed by atoms with E-state index in [1.54, 1.807) is 12.1 Å². The number of benzene rings is 1. The highest BCUT2D eigenvalue weighted by molar-refractivity contribution is 6.00. The molecule has 0 aliphatic heterocycles. The summed E-state index contributed by atoms with van der Waals surface area (Å²) in [6.07, 6.45) is 3.74. The zero-order valence-electron chi connectivity index (χ0n) is 9.21. The van der Waals surface area contributed by atoms with E-state index in [4.69, 9.17) is 5.73 Å². The summed E-state index contributed by atoms with van der Waals surface area (Å²) in [6, 6.07) is 5.89. The fourth-order valence-electron chi connectivity index (χ4n) is 2.51. The molecular formula is C13H16FNO. The molecule has 1 aliphatic rings. The second-order valence-corrected chi connectivity index (χ2v) is 4.53. The highest BCUT2D eigenvalue weighted by Gasteiger charge is 2.40. The molecule has 3 heteroatoms. The van der Waals surface area contributed by atoms with Crippen molar-refractivity contribution in [2.24, 2.45) is 11.1 Å². The van der Waals surface area contributed by atoms with Crippen LogP contribution in [-0.2, 0) is 0 Å². The first-order valence-corrected chi connectivity index (χ1v) is 5.68. The predicted octanol–water partition coefficient (Wildman–Crippen LogP) is 2.53. The lowest BCUT2D eigenvalue weighted by Gasteiger charge is -2.25. The number of carbonyl (C=O) groups excluding carboxylic acids is 1. The number of ketones is 1. The van der Waals surface area contributed by atoms with Gasteiger partial charge in [-0.25, -0.2) is 4.39 Å². The van der Waals surface area contributed by atoms with Crippen molar-refractivity contribution in [3.63, 3.8) is 0 Å². The van der Waals surface area contributed by atoms with Gasteiger partial charge in [0, 0.05) is 17.5 Å². The lowest BCUT2D eigenvalue weighted by Crippen LogP contribution is -2.36. The Labute approximate surface area is 94.6 Å². The SMILES string of the molecule is NCC1(C(=O)c2cccc(F)c2)CCCC1. The average molecular weight is 221 g/mol. The van der Waals surface area contributed by atoms with Crippen LogP contribution in [0.4, 0.5) is 4.39 Å². The van der Waals surface area contributed by atoms with Crippen LogP contribution in [0, 0.1) is 11.2 Å². The van der Waals surface area contributed by atoms with Crippen molar-refractivity contribution in [1.82, 2.24) is 0 Å². The summed E-state index contributed by atoms with van der Waals surface area (Å²) in [6.45, 7) is 0.363. The Morgan fingerprint density at radius 1 is 1.38 bits per heavy atom. The summed E-state index contributed by atoms with van der Waals surface area (Å²) in [7, 11) is 0. The summed E-state index contributed by atoms with van der Waals surface area (Å²) in [5.41, 5.74) is 5.75. The van der Waals surface area contributed by atoms with E-state index >= 15 is 0 Å². The van der Waals surface area contributed by atoms with E-state index in [1.165, 1.54) is 12.1 Å². The fourth-order valence-corrected chi connectivity index (χ4v) is 2.51. The van der Waals surface area contributed by atoms with Gasteiger partial charge in [0.25, 0.3) is 0 Å². The van der Waals surface area contributed by atoms with E-state index < -0.39 is 5.41 Å². The molecular weight excluding hydrogens is 205 g/mol. The minimum absolute atomic E-state index is 0.00648. The van der Waals surface area contributed by atoms with Gasteiger partial charge in [-0.15, -0.1) is 0 Å². The normalized spacial score (nSPS) is 18.6. The van der Waals surface area contributed by atoms with Crippen LogP contribution in [-0.4, -0.2) is 12.3 Å². The number of carbonyl (C=O) groups is 1. The molecule has 0 bridgehead atoms. The van der Waals surface area contributed by atoms with Gasteiger partial charge in [-0.3, -0.25) is 4.79 Å². The smallest absolute Gasteiger partial charge is 0.170 e. The minimum atomic E-state index is -0.437. The molecule has 16 heavy (non-hydrogen) atoms. The lowest BCUT2D eigenvalue weighted by atomic mass is 9.79. The highest BCUT2D eigenvalue weighted by Crippen LogP contribution is 2.39. The Hall–Kier alpha value is -1.22. The maximum absolute atomic E-state index is 13.1. The van der Waals surface area contributed by atoms with E-state index in [9.17, 15) is 9.18 Å². The van der Waals surface area contributed by atoms with Crippen molar-refractivity contribution in [1.29, 1.82) is 0 Å². The first-order valence-electron chi connectivity index (χ1n) is 5.68. The van der Waals surface area contributed by atoms with Gasteiger partial charge in [0.2, 0.25) is 0 Å². The average Bonchev–Trinajstić information content (AvgIpc) is 2.78. The van der Waals surface area contributed by atoms with E-state index in [0.29, 0.717) is 12.1 Å². The second-order valence-electron chi connectivity index (χ2n) is 4.53. The maximum atomic E-state index is 13.1. The third kappa shape index (κ3) is 1.87. The summed E-state index contributed by atoms with van der Waals surface area (Å²) in [4.78, 5) is 12.3. The van der Waals surface area contributed by atoms with Gasteiger partial charge in [0.1, 0.15) is 5.82 Å². The molecule has 0 atom stereocenters. The number of hydrogen-bond acceptors (Lipinski definition) is 2. The van der Waals surface area contributed by atoms with Crippen LogP contribution in [0.3, 0.4) is 0 Å². The molecule has 1 aromatic rings. The minimum Gasteiger partial charge on any atom is -0.329 e. The predicted molar refractivity (Wildman–Crippen MR) is 60.7 cm³/mol. The van der Waals surface area contributed by atoms with Crippen LogP contribution in [0.2, 0.25) is 0 Å². The molecule has 0 spiro atoms. The molecule has 0 saturated heterocycles. The van der Waals surface area contributed by atoms with Crippen molar-refractivity contribution < 1.29 is 9.18 Å². The second kappa shape index (κ2) is 4.34. The van der Waals surface area contributed by atoms with Gasteiger partial charge < -0.3 is 5.73 Å². The standard InChI is InChI=1S/C13H16FNO/c14-11-5-3-4-10(8-11)12(16)13(9-15)6-1-2-7-13/h3-5,8H,1-2,6-7,9,15H2.